The number of rotatable bonds is 10. The normalized spacial score (nSPS) is 14.8. The topological polar surface area (TPSA) is 119 Å². The maximum atomic E-state index is 5.86. The van der Waals surface area contributed by atoms with Gasteiger partial charge >= 0.3 is 0 Å². The van der Waals surface area contributed by atoms with E-state index in [1.807, 2.05) is 38.1 Å². The summed E-state index contributed by atoms with van der Waals surface area (Å²) in [4.78, 5) is 8.66. The highest BCUT2D eigenvalue weighted by atomic mass is 16.5. The van der Waals surface area contributed by atoms with E-state index in [0.717, 1.165) is 11.1 Å². The van der Waals surface area contributed by atoms with Crippen LogP contribution in [0.2, 0.25) is 0 Å². The first-order valence-electron chi connectivity index (χ1n) is 8.63. The lowest BCUT2D eigenvalue weighted by atomic mass is 10.1. The largest absolute Gasteiger partial charge is 0.383 e. The van der Waals surface area contributed by atoms with Crippen molar-refractivity contribution in [1.82, 2.24) is 10.6 Å². The summed E-state index contributed by atoms with van der Waals surface area (Å²) in [6.45, 7) is 6.15. The van der Waals surface area contributed by atoms with Crippen LogP contribution >= 0.6 is 0 Å². The molecule has 0 aliphatic carbocycles. The Bertz CT molecular complexity index is 523. The zero-order chi connectivity index (χ0) is 19.4. The predicted octanol–water partition coefficient (Wildman–Crippen LogP) is 0.565. The molecular formula is C18H32N6O2. The summed E-state index contributed by atoms with van der Waals surface area (Å²) in [5.74, 6) is 0.819. The lowest BCUT2D eigenvalue weighted by molar-refractivity contribution is 0.179. The Morgan fingerprint density at radius 3 is 1.50 bits per heavy atom. The van der Waals surface area contributed by atoms with Crippen LogP contribution in [-0.2, 0) is 22.6 Å². The van der Waals surface area contributed by atoms with Gasteiger partial charge in [-0.1, -0.05) is 24.3 Å². The van der Waals surface area contributed by atoms with Crippen LogP contribution in [0.5, 0.6) is 0 Å². The fourth-order valence-corrected chi connectivity index (χ4v) is 2.28. The number of ether oxygens (including phenoxy) is 2. The molecule has 0 saturated carbocycles. The molecule has 1 rings (SSSR count). The quantitative estimate of drug-likeness (QED) is 0.356. The highest BCUT2D eigenvalue weighted by molar-refractivity contribution is 5.78. The number of methoxy groups -OCH3 is 2. The van der Waals surface area contributed by atoms with Crippen LogP contribution in [0.4, 0.5) is 0 Å². The minimum atomic E-state index is 0.120. The van der Waals surface area contributed by atoms with Gasteiger partial charge in [-0.25, -0.2) is 9.98 Å². The Labute approximate surface area is 156 Å². The molecule has 2 atom stereocenters. The zero-order valence-electron chi connectivity index (χ0n) is 16.2. The summed E-state index contributed by atoms with van der Waals surface area (Å²) < 4.78 is 10.1. The number of hydrogen-bond donors (Lipinski definition) is 4. The lowest BCUT2D eigenvalue weighted by Crippen LogP contribution is -2.40. The summed E-state index contributed by atoms with van der Waals surface area (Å²) >= 11 is 0. The number of nitrogens with one attached hydrogen (secondary N) is 2. The minimum Gasteiger partial charge on any atom is -0.383 e. The van der Waals surface area contributed by atoms with E-state index >= 15 is 0 Å². The predicted molar refractivity (Wildman–Crippen MR) is 106 cm³/mol. The van der Waals surface area contributed by atoms with Gasteiger partial charge in [-0.3, -0.25) is 0 Å². The van der Waals surface area contributed by atoms with Gasteiger partial charge in [-0.2, -0.15) is 0 Å². The highest BCUT2D eigenvalue weighted by Crippen LogP contribution is 2.07. The Morgan fingerprint density at radius 1 is 0.846 bits per heavy atom. The first-order valence-corrected chi connectivity index (χ1v) is 8.63. The molecule has 1 aromatic rings. The van der Waals surface area contributed by atoms with E-state index in [-0.39, 0.29) is 12.1 Å². The molecule has 1 aromatic carbocycles. The van der Waals surface area contributed by atoms with Crippen LogP contribution < -0.4 is 22.1 Å². The van der Waals surface area contributed by atoms with Crippen LogP contribution in [0.1, 0.15) is 25.0 Å². The van der Waals surface area contributed by atoms with Gasteiger partial charge in [-0.05, 0) is 25.0 Å². The van der Waals surface area contributed by atoms with Crippen molar-refractivity contribution in [3.8, 4) is 0 Å². The fourth-order valence-electron chi connectivity index (χ4n) is 2.28. The molecule has 0 saturated heterocycles. The second-order valence-corrected chi connectivity index (χ2v) is 6.22. The van der Waals surface area contributed by atoms with Crippen molar-refractivity contribution in [3.05, 3.63) is 35.4 Å². The SMILES string of the molecule is COCC(C)NC(N)=NCc1ccc(CN=C(N)NC(C)COC)cc1. The van der Waals surface area contributed by atoms with Gasteiger partial charge in [0, 0.05) is 26.3 Å². The molecule has 146 valence electrons. The van der Waals surface area contributed by atoms with E-state index in [1.165, 1.54) is 0 Å². The van der Waals surface area contributed by atoms with Crippen molar-refractivity contribution in [3.63, 3.8) is 0 Å². The molecule has 0 bridgehead atoms. The summed E-state index contributed by atoms with van der Waals surface area (Å²) in [5, 5.41) is 6.15. The number of nitrogens with two attached hydrogens (primary N) is 2. The molecule has 26 heavy (non-hydrogen) atoms. The molecule has 0 amide bonds. The maximum Gasteiger partial charge on any atom is 0.189 e. The van der Waals surface area contributed by atoms with Crippen LogP contribution in [0.3, 0.4) is 0 Å². The van der Waals surface area contributed by atoms with E-state index < -0.39 is 0 Å². The van der Waals surface area contributed by atoms with Crippen molar-refractivity contribution in [1.29, 1.82) is 0 Å². The summed E-state index contributed by atoms with van der Waals surface area (Å²) in [6, 6.07) is 8.29. The molecule has 0 aliphatic heterocycles. The number of hydrogen-bond acceptors (Lipinski definition) is 4. The Hall–Kier alpha value is -2.32. The van der Waals surface area contributed by atoms with Crippen molar-refractivity contribution in [2.45, 2.75) is 39.0 Å². The molecule has 2 unspecified atom stereocenters. The average Bonchev–Trinajstić information content (AvgIpc) is 2.59. The molecule has 6 N–H and O–H groups in total. The zero-order valence-corrected chi connectivity index (χ0v) is 16.2. The summed E-state index contributed by atoms with van der Waals surface area (Å²) in [6.07, 6.45) is 0. The standard InChI is InChI=1S/C18H32N6O2/c1-13(11-25-3)23-17(19)21-9-15-5-7-16(8-6-15)10-22-18(20)24-14(2)12-26-4/h5-8,13-14H,9-12H2,1-4H3,(H3,19,21,23)(H3,20,22,24). The molecule has 0 spiro atoms. The number of benzene rings is 1. The third-order valence-electron chi connectivity index (χ3n) is 3.51. The summed E-state index contributed by atoms with van der Waals surface area (Å²) in [7, 11) is 3.31. The molecule has 0 aromatic heterocycles. The molecule has 0 radical (unpaired) electrons. The van der Waals surface area contributed by atoms with Crippen molar-refractivity contribution in [2.75, 3.05) is 27.4 Å². The van der Waals surface area contributed by atoms with Crippen molar-refractivity contribution < 1.29 is 9.47 Å². The van der Waals surface area contributed by atoms with E-state index in [2.05, 4.69) is 20.6 Å². The van der Waals surface area contributed by atoms with Crippen molar-refractivity contribution >= 4 is 11.9 Å². The molecule has 8 nitrogen and oxygen atoms in total. The third kappa shape index (κ3) is 9.24. The van der Waals surface area contributed by atoms with Gasteiger partial charge in [0.1, 0.15) is 0 Å². The van der Waals surface area contributed by atoms with Gasteiger partial charge in [0.05, 0.1) is 26.3 Å². The second kappa shape index (κ2) is 12.1. The molecule has 0 aliphatic rings. The Kier molecular flexibility index (Phi) is 10.1. The number of aliphatic imine (C=N–C) groups is 2. The van der Waals surface area contributed by atoms with Gasteiger partial charge in [0.25, 0.3) is 0 Å². The van der Waals surface area contributed by atoms with Crippen LogP contribution in [0.25, 0.3) is 0 Å². The monoisotopic (exact) mass is 364 g/mol. The van der Waals surface area contributed by atoms with E-state index in [9.17, 15) is 0 Å². The lowest BCUT2D eigenvalue weighted by Gasteiger charge is -2.13. The minimum absolute atomic E-state index is 0.120. The maximum absolute atomic E-state index is 5.86. The second-order valence-electron chi connectivity index (χ2n) is 6.22. The first kappa shape index (κ1) is 21.7. The molecule has 0 heterocycles. The Balaban J connectivity index is 2.48. The molecular weight excluding hydrogens is 332 g/mol. The number of guanidine groups is 2. The fraction of sp³-hybridized carbons (Fsp3) is 0.556. The highest BCUT2D eigenvalue weighted by Gasteiger charge is 2.03. The Morgan fingerprint density at radius 2 is 1.19 bits per heavy atom. The van der Waals surface area contributed by atoms with Gasteiger partial charge < -0.3 is 31.6 Å². The third-order valence-corrected chi connectivity index (χ3v) is 3.51. The van der Waals surface area contributed by atoms with E-state index in [0.29, 0.717) is 38.2 Å². The molecule has 0 fully saturated rings. The van der Waals surface area contributed by atoms with E-state index in [4.69, 9.17) is 20.9 Å². The smallest absolute Gasteiger partial charge is 0.189 e. The van der Waals surface area contributed by atoms with E-state index in [1.54, 1.807) is 14.2 Å². The first-order chi connectivity index (χ1) is 12.4. The van der Waals surface area contributed by atoms with Crippen LogP contribution in [0, 0.1) is 0 Å². The van der Waals surface area contributed by atoms with Crippen LogP contribution in [-0.4, -0.2) is 51.4 Å². The van der Waals surface area contributed by atoms with Crippen LogP contribution in [0.15, 0.2) is 34.3 Å². The molecule has 8 heteroatoms. The van der Waals surface area contributed by atoms with Gasteiger partial charge in [0.2, 0.25) is 0 Å². The number of nitrogens with zero attached hydrogens (tertiary/aromatic N) is 2. The average molecular weight is 364 g/mol. The summed E-state index contributed by atoms with van der Waals surface area (Å²) in [5.41, 5.74) is 13.9. The van der Waals surface area contributed by atoms with Gasteiger partial charge in [-0.15, -0.1) is 0 Å². The van der Waals surface area contributed by atoms with Gasteiger partial charge in [0.15, 0.2) is 11.9 Å². The van der Waals surface area contributed by atoms with Crippen molar-refractivity contribution in [2.24, 2.45) is 21.5 Å².